The fourth-order valence-corrected chi connectivity index (χ4v) is 3.09. The highest BCUT2D eigenvalue weighted by atomic mass is 32.2. The average molecular weight is 273 g/mol. The van der Waals surface area contributed by atoms with Crippen molar-refractivity contribution in [1.29, 1.82) is 0 Å². The second-order valence-electron chi connectivity index (χ2n) is 4.96. The lowest BCUT2D eigenvalue weighted by Crippen LogP contribution is -2.53. The third kappa shape index (κ3) is 3.31. The molecule has 1 fully saturated rings. The van der Waals surface area contributed by atoms with Gasteiger partial charge in [-0.05, 0) is 26.0 Å². The molecule has 4 N–H and O–H groups in total. The van der Waals surface area contributed by atoms with Gasteiger partial charge in [0.1, 0.15) is 5.41 Å². The standard InChI is InChI=1S/C12H23N3O2S/c1-9(8-18-2)14-11(16)12(10(13)15-17)6-4-3-5-7-12/h9,17H,3-8H2,1-2H3,(H2,13,15)(H,14,16). The van der Waals surface area contributed by atoms with Crippen LogP contribution >= 0.6 is 11.8 Å². The molecule has 0 aliphatic heterocycles. The molecule has 0 bridgehead atoms. The maximum Gasteiger partial charge on any atom is 0.234 e. The lowest BCUT2D eigenvalue weighted by Gasteiger charge is -2.35. The summed E-state index contributed by atoms with van der Waals surface area (Å²) in [6.07, 6.45) is 6.33. The number of hydrogen-bond donors (Lipinski definition) is 3. The van der Waals surface area contributed by atoms with Gasteiger partial charge in [-0.3, -0.25) is 4.79 Å². The Morgan fingerprint density at radius 2 is 2.11 bits per heavy atom. The molecule has 18 heavy (non-hydrogen) atoms. The molecule has 1 atom stereocenters. The van der Waals surface area contributed by atoms with E-state index in [1.807, 2.05) is 13.2 Å². The summed E-state index contributed by atoms with van der Waals surface area (Å²) in [5, 5.41) is 15.0. The topological polar surface area (TPSA) is 87.7 Å². The second-order valence-corrected chi connectivity index (χ2v) is 5.87. The lowest BCUT2D eigenvalue weighted by atomic mass is 9.72. The molecule has 6 heteroatoms. The molecule has 0 heterocycles. The van der Waals surface area contributed by atoms with Crippen molar-refractivity contribution < 1.29 is 10.0 Å². The van der Waals surface area contributed by atoms with E-state index in [9.17, 15) is 4.79 Å². The minimum Gasteiger partial charge on any atom is -0.409 e. The molecule has 1 amide bonds. The molecule has 0 aromatic carbocycles. The molecule has 0 radical (unpaired) electrons. The van der Waals surface area contributed by atoms with E-state index < -0.39 is 5.41 Å². The number of oxime groups is 1. The summed E-state index contributed by atoms with van der Waals surface area (Å²) >= 11 is 1.69. The summed E-state index contributed by atoms with van der Waals surface area (Å²) in [6, 6.07) is 0.0952. The first-order valence-corrected chi connectivity index (χ1v) is 7.74. The number of amides is 1. The van der Waals surface area contributed by atoms with Crippen LogP contribution in [0, 0.1) is 5.41 Å². The first-order valence-electron chi connectivity index (χ1n) is 6.34. The van der Waals surface area contributed by atoms with Crippen LogP contribution in [0.25, 0.3) is 0 Å². The van der Waals surface area contributed by atoms with Gasteiger partial charge in [-0.15, -0.1) is 0 Å². The van der Waals surface area contributed by atoms with E-state index in [2.05, 4.69) is 10.5 Å². The van der Waals surface area contributed by atoms with Crippen molar-refractivity contribution in [3.05, 3.63) is 0 Å². The van der Waals surface area contributed by atoms with Gasteiger partial charge in [-0.25, -0.2) is 0 Å². The number of amidine groups is 1. The Balaban J connectivity index is 2.80. The first kappa shape index (κ1) is 15.1. The molecule has 1 unspecified atom stereocenters. The molecule has 104 valence electrons. The minimum atomic E-state index is -0.806. The number of thioether (sulfide) groups is 1. The number of carbonyl (C=O) groups excluding carboxylic acids is 1. The van der Waals surface area contributed by atoms with Crippen molar-refractivity contribution in [2.24, 2.45) is 16.3 Å². The van der Waals surface area contributed by atoms with Crippen LogP contribution in [0.3, 0.4) is 0 Å². The summed E-state index contributed by atoms with van der Waals surface area (Å²) in [7, 11) is 0. The summed E-state index contributed by atoms with van der Waals surface area (Å²) in [5.74, 6) is 0.813. The van der Waals surface area contributed by atoms with E-state index in [0.717, 1.165) is 25.0 Å². The Morgan fingerprint density at radius 3 is 2.61 bits per heavy atom. The largest absolute Gasteiger partial charge is 0.409 e. The van der Waals surface area contributed by atoms with Gasteiger partial charge in [0.05, 0.1) is 0 Å². The maximum absolute atomic E-state index is 12.4. The Hall–Kier alpha value is -0.910. The average Bonchev–Trinajstić information content (AvgIpc) is 2.38. The molecule has 0 spiro atoms. The summed E-state index contributed by atoms with van der Waals surface area (Å²) in [6.45, 7) is 1.97. The van der Waals surface area contributed by atoms with Crippen LogP contribution in [-0.2, 0) is 4.79 Å². The predicted molar refractivity (Wildman–Crippen MR) is 74.9 cm³/mol. The van der Waals surface area contributed by atoms with E-state index in [-0.39, 0.29) is 17.8 Å². The van der Waals surface area contributed by atoms with Crippen molar-refractivity contribution in [2.45, 2.75) is 45.1 Å². The van der Waals surface area contributed by atoms with Crippen molar-refractivity contribution in [3.63, 3.8) is 0 Å². The Kier molecular flexibility index (Phi) is 5.78. The summed E-state index contributed by atoms with van der Waals surface area (Å²) < 4.78 is 0. The number of nitrogens with zero attached hydrogens (tertiary/aromatic N) is 1. The zero-order chi connectivity index (χ0) is 13.6. The van der Waals surface area contributed by atoms with Crippen molar-refractivity contribution in [2.75, 3.05) is 12.0 Å². The highest BCUT2D eigenvalue weighted by molar-refractivity contribution is 7.98. The fourth-order valence-electron chi connectivity index (χ4n) is 2.50. The third-order valence-corrected chi connectivity index (χ3v) is 4.37. The van der Waals surface area contributed by atoms with E-state index in [1.54, 1.807) is 11.8 Å². The highest BCUT2D eigenvalue weighted by Gasteiger charge is 2.44. The van der Waals surface area contributed by atoms with Crippen molar-refractivity contribution in [3.8, 4) is 0 Å². The van der Waals surface area contributed by atoms with Crippen molar-refractivity contribution >= 4 is 23.5 Å². The van der Waals surface area contributed by atoms with E-state index in [1.165, 1.54) is 0 Å². The Bertz CT molecular complexity index is 314. The van der Waals surface area contributed by atoms with Gasteiger partial charge in [0.2, 0.25) is 5.91 Å². The molecule has 0 saturated heterocycles. The SMILES string of the molecule is CSCC(C)NC(=O)C1(C(N)=NO)CCCCC1. The van der Waals surface area contributed by atoms with Gasteiger partial charge in [-0.2, -0.15) is 11.8 Å². The minimum absolute atomic E-state index is 0.0519. The quantitative estimate of drug-likeness (QED) is 0.307. The Morgan fingerprint density at radius 1 is 1.50 bits per heavy atom. The van der Waals surface area contributed by atoms with Crippen LogP contribution in [0.2, 0.25) is 0 Å². The van der Waals surface area contributed by atoms with Crippen LogP contribution in [-0.4, -0.2) is 35.0 Å². The molecule has 1 aliphatic rings. The van der Waals surface area contributed by atoms with E-state index >= 15 is 0 Å². The van der Waals surface area contributed by atoms with Crippen LogP contribution < -0.4 is 11.1 Å². The second kappa shape index (κ2) is 6.87. The van der Waals surface area contributed by atoms with Gasteiger partial charge in [0.25, 0.3) is 0 Å². The molecule has 0 aromatic heterocycles. The molecular formula is C12H23N3O2S. The van der Waals surface area contributed by atoms with Crippen LogP contribution in [0.4, 0.5) is 0 Å². The number of rotatable bonds is 5. The molecule has 1 rings (SSSR count). The van der Waals surface area contributed by atoms with Crippen LogP contribution in [0.1, 0.15) is 39.0 Å². The zero-order valence-electron chi connectivity index (χ0n) is 11.1. The van der Waals surface area contributed by atoms with Crippen LogP contribution in [0.5, 0.6) is 0 Å². The monoisotopic (exact) mass is 273 g/mol. The van der Waals surface area contributed by atoms with Crippen molar-refractivity contribution in [1.82, 2.24) is 5.32 Å². The normalized spacial score (nSPS) is 21.3. The number of nitrogens with two attached hydrogens (primary N) is 1. The van der Waals surface area contributed by atoms with Crippen LogP contribution in [0.15, 0.2) is 5.16 Å². The van der Waals surface area contributed by atoms with E-state index in [4.69, 9.17) is 10.9 Å². The third-order valence-electron chi connectivity index (χ3n) is 3.53. The molecule has 5 nitrogen and oxygen atoms in total. The number of carbonyl (C=O) groups is 1. The number of nitrogens with one attached hydrogen (secondary N) is 1. The maximum atomic E-state index is 12.4. The molecule has 1 saturated carbocycles. The first-order chi connectivity index (χ1) is 8.56. The van der Waals surface area contributed by atoms with Gasteiger partial charge in [0.15, 0.2) is 5.84 Å². The van der Waals surface area contributed by atoms with Gasteiger partial charge >= 0.3 is 0 Å². The smallest absolute Gasteiger partial charge is 0.234 e. The summed E-state index contributed by atoms with van der Waals surface area (Å²) in [5.41, 5.74) is 4.96. The molecule has 0 aromatic rings. The number of hydrogen-bond acceptors (Lipinski definition) is 4. The fraction of sp³-hybridized carbons (Fsp3) is 0.833. The summed E-state index contributed by atoms with van der Waals surface area (Å²) in [4.78, 5) is 12.4. The Labute approximate surface area is 113 Å². The van der Waals surface area contributed by atoms with E-state index in [0.29, 0.717) is 12.8 Å². The van der Waals surface area contributed by atoms with Gasteiger partial charge in [0, 0.05) is 11.8 Å². The highest BCUT2D eigenvalue weighted by Crippen LogP contribution is 2.37. The zero-order valence-corrected chi connectivity index (χ0v) is 11.9. The molecular weight excluding hydrogens is 250 g/mol. The lowest BCUT2D eigenvalue weighted by molar-refractivity contribution is -0.129. The van der Waals surface area contributed by atoms with Gasteiger partial charge < -0.3 is 16.3 Å². The molecule has 1 aliphatic carbocycles. The van der Waals surface area contributed by atoms with Gasteiger partial charge in [-0.1, -0.05) is 24.4 Å². The predicted octanol–water partition coefficient (Wildman–Crippen LogP) is 1.55.